The molecule has 0 bridgehead atoms. The Morgan fingerprint density at radius 1 is 0.731 bits per heavy atom. The summed E-state index contributed by atoms with van der Waals surface area (Å²) in [4.78, 5) is 0. The quantitative estimate of drug-likeness (QED) is 0.433. The van der Waals surface area contributed by atoms with Gasteiger partial charge < -0.3 is 0 Å². The van der Waals surface area contributed by atoms with E-state index < -0.39 is 0 Å². The second-order valence-corrected chi connectivity index (χ2v) is 6.19. The Morgan fingerprint density at radius 3 is 1.77 bits per heavy atom. The van der Waals surface area contributed by atoms with E-state index in [0.29, 0.717) is 11.1 Å². The molecule has 2 aromatic carbocycles. The van der Waals surface area contributed by atoms with Crippen LogP contribution in [0.4, 0.5) is 4.39 Å². The maximum atomic E-state index is 13.3. The highest BCUT2D eigenvalue weighted by molar-refractivity contribution is 5.82. The molecule has 2 heterocycles. The van der Waals surface area contributed by atoms with E-state index in [2.05, 4.69) is 36.2 Å². The zero-order chi connectivity index (χ0) is 19.4. The summed E-state index contributed by atoms with van der Waals surface area (Å²) >= 11 is 0. The molecule has 2 aromatic heterocycles. The fourth-order valence-corrected chi connectivity index (χ4v) is 2.72. The molecule has 0 radical (unpaired) electrons. The molecule has 0 saturated heterocycles. The highest BCUT2D eigenvalue weighted by Gasteiger charge is 2.06. The molecule has 0 N–H and O–H groups in total. The first-order valence-electron chi connectivity index (χ1n) is 8.85. The highest BCUT2D eigenvalue weighted by Crippen LogP contribution is 2.19. The molecule has 4 aromatic rings. The summed E-state index contributed by atoms with van der Waals surface area (Å²) < 4.78 is 16.8. The summed E-state index contributed by atoms with van der Waals surface area (Å²) in [5, 5.41) is 10.5. The highest BCUT2D eigenvalue weighted by atomic mass is 19.1. The van der Waals surface area contributed by atoms with Gasteiger partial charge in [0.25, 0.3) is 0 Å². The minimum Gasteiger partial charge on any atom is -0.275 e. The lowest BCUT2D eigenvalue weighted by atomic mass is 10.1. The lowest BCUT2D eigenvalue weighted by Crippen LogP contribution is -1.87. The van der Waals surface area contributed by atoms with Crippen molar-refractivity contribution in [1.82, 2.24) is 19.6 Å². The first-order chi connectivity index (χ1) is 12.4. The van der Waals surface area contributed by atoms with Gasteiger partial charge in [0.1, 0.15) is 5.52 Å². The summed E-state index contributed by atoms with van der Waals surface area (Å²) in [6, 6.07) is 7.89. The second-order valence-electron chi connectivity index (χ2n) is 6.19. The van der Waals surface area contributed by atoms with Crippen molar-refractivity contribution in [3.63, 3.8) is 0 Å². The van der Waals surface area contributed by atoms with Crippen LogP contribution in [-0.2, 0) is 14.1 Å². The van der Waals surface area contributed by atoms with Crippen molar-refractivity contribution < 1.29 is 4.39 Å². The number of nitrogens with zero attached hydrogens (tertiary/aromatic N) is 4. The molecule has 0 unspecified atom stereocenters. The zero-order valence-corrected chi connectivity index (χ0v) is 16.6. The predicted molar refractivity (Wildman–Crippen MR) is 107 cm³/mol. The van der Waals surface area contributed by atoms with Gasteiger partial charge in [-0.1, -0.05) is 38.1 Å². The Hall–Kier alpha value is -2.69. The molecule has 0 aliphatic heterocycles. The zero-order valence-electron chi connectivity index (χ0n) is 16.6. The van der Waals surface area contributed by atoms with Gasteiger partial charge in [-0.05, 0) is 37.5 Å². The summed E-state index contributed by atoms with van der Waals surface area (Å²) in [6.07, 6.45) is 3.85. The number of hydrogen-bond acceptors (Lipinski definition) is 2. The minimum absolute atomic E-state index is 0.215. The van der Waals surface area contributed by atoms with Crippen molar-refractivity contribution >= 4 is 21.8 Å². The first kappa shape index (κ1) is 19.6. The molecule has 0 aliphatic carbocycles. The lowest BCUT2D eigenvalue weighted by molar-refractivity contribution is 0.623. The molecular formula is C21H27FN4. The first-order valence-corrected chi connectivity index (χ1v) is 8.85. The van der Waals surface area contributed by atoms with Crippen LogP contribution in [0.15, 0.2) is 36.7 Å². The summed E-state index contributed by atoms with van der Waals surface area (Å²) in [6.45, 7) is 9.97. The Morgan fingerprint density at radius 2 is 1.19 bits per heavy atom. The average Bonchev–Trinajstić information content (AvgIpc) is 3.20. The van der Waals surface area contributed by atoms with Gasteiger partial charge in [-0.15, -0.1) is 0 Å². The van der Waals surface area contributed by atoms with Gasteiger partial charge in [0.2, 0.25) is 0 Å². The monoisotopic (exact) mass is 354 g/mol. The molecule has 0 aliphatic rings. The number of aromatic nitrogens is 4. The Kier molecular flexibility index (Phi) is 6.14. The van der Waals surface area contributed by atoms with Crippen LogP contribution in [0, 0.1) is 26.6 Å². The van der Waals surface area contributed by atoms with E-state index in [4.69, 9.17) is 0 Å². The van der Waals surface area contributed by atoms with Crippen LogP contribution in [0.25, 0.3) is 21.8 Å². The molecule has 26 heavy (non-hydrogen) atoms. The number of halogens is 1. The summed E-state index contributed by atoms with van der Waals surface area (Å²) in [7, 11) is 3.74. The van der Waals surface area contributed by atoms with E-state index >= 15 is 0 Å². The number of benzene rings is 2. The van der Waals surface area contributed by atoms with Crippen molar-refractivity contribution in [1.29, 1.82) is 0 Å². The van der Waals surface area contributed by atoms with E-state index in [9.17, 15) is 4.39 Å². The van der Waals surface area contributed by atoms with Gasteiger partial charge in [0.05, 0.1) is 5.52 Å². The number of hydrogen-bond donors (Lipinski definition) is 0. The molecule has 0 amide bonds. The van der Waals surface area contributed by atoms with Gasteiger partial charge in [-0.2, -0.15) is 10.2 Å². The molecule has 4 rings (SSSR count). The molecule has 0 atom stereocenters. The van der Waals surface area contributed by atoms with Crippen molar-refractivity contribution in [2.24, 2.45) is 14.1 Å². The normalized spacial score (nSPS) is 10.3. The van der Waals surface area contributed by atoms with E-state index in [-0.39, 0.29) is 5.82 Å². The fraction of sp³-hybridized carbons (Fsp3) is 0.333. The number of fused-ring (bicyclic) bond motifs is 2. The van der Waals surface area contributed by atoms with E-state index in [1.165, 1.54) is 16.5 Å². The van der Waals surface area contributed by atoms with Crippen LogP contribution in [0.5, 0.6) is 0 Å². The standard InChI is InChI=1S/C10H12N2.C9H9FN2.C2H6/c1-7-4-5-9-6-12(3)11-10(9)8(7)2;1-6-3-4-7-5-12(2)11-9(7)8(6)10;1-2/h4-6H,1-3H3;3-5H,1-2H3;1-2H3. The smallest absolute Gasteiger partial charge is 0.154 e. The molecular weight excluding hydrogens is 327 g/mol. The third-order valence-electron chi connectivity index (χ3n) is 4.24. The van der Waals surface area contributed by atoms with Crippen LogP contribution < -0.4 is 0 Å². The SMILES string of the molecule is CC.Cc1ccc2cn(C)nc2c1C.Cc1ccc2cn(C)nc2c1F. The van der Waals surface area contributed by atoms with Crippen molar-refractivity contribution in [3.05, 3.63) is 59.2 Å². The van der Waals surface area contributed by atoms with Gasteiger partial charge in [0.15, 0.2) is 5.82 Å². The molecule has 138 valence electrons. The molecule has 5 heteroatoms. The third kappa shape index (κ3) is 3.93. The molecule has 4 nitrogen and oxygen atoms in total. The Labute approximate surface area is 154 Å². The maximum Gasteiger partial charge on any atom is 0.154 e. The van der Waals surface area contributed by atoms with Gasteiger partial charge in [0, 0.05) is 37.3 Å². The van der Waals surface area contributed by atoms with Gasteiger partial charge >= 0.3 is 0 Å². The predicted octanol–water partition coefficient (Wildman–Crippen LogP) is 5.24. The van der Waals surface area contributed by atoms with E-state index in [1.54, 1.807) is 30.9 Å². The van der Waals surface area contributed by atoms with E-state index in [0.717, 1.165) is 10.9 Å². The second kappa shape index (κ2) is 8.13. The fourth-order valence-electron chi connectivity index (χ4n) is 2.72. The van der Waals surface area contributed by atoms with Crippen molar-refractivity contribution in [2.45, 2.75) is 34.6 Å². The maximum absolute atomic E-state index is 13.3. The van der Waals surface area contributed by atoms with Crippen LogP contribution in [0.3, 0.4) is 0 Å². The van der Waals surface area contributed by atoms with Crippen molar-refractivity contribution in [3.8, 4) is 0 Å². The Balaban J connectivity index is 0.000000171. The number of rotatable bonds is 0. The molecule has 0 saturated carbocycles. The van der Waals surface area contributed by atoms with Gasteiger partial charge in [-0.3, -0.25) is 9.36 Å². The summed E-state index contributed by atoms with van der Waals surface area (Å²) in [5.74, 6) is -0.215. The Bertz CT molecular complexity index is 944. The average molecular weight is 354 g/mol. The summed E-state index contributed by atoms with van der Waals surface area (Å²) in [5.41, 5.74) is 4.81. The molecule has 0 fully saturated rings. The minimum atomic E-state index is -0.215. The third-order valence-corrected chi connectivity index (χ3v) is 4.24. The largest absolute Gasteiger partial charge is 0.275 e. The van der Waals surface area contributed by atoms with Crippen LogP contribution in [-0.4, -0.2) is 19.6 Å². The number of aryl methyl sites for hydroxylation is 5. The van der Waals surface area contributed by atoms with Crippen LogP contribution in [0.1, 0.15) is 30.5 Å². The van der Waals surface area contributed by atoms with Crippen LogP contribution >= 0.6 is 0 Å². The van der Waals surface area contributed by atoms with E-state index in [1.807, 2.05) is 37.8 Å². The van der Waals surface area contributed by atoms with Gasteiger partial charge in [-0.25, -0.2) is 4.39 Å². The lowest BCUT2D eigenvalue weighted by Gasteiger charge is -1.97. The van der Waals surface area contributed by atoms with Crippen molar-refractivity contribution in [2.75, 3.05) is 0 Å². The van der Waals surface area contributed by atoms with Crippen LogP contribution in [0.2, 0.25) is 0 Å². The molecule has 0 spiro atoms. The topological polar surface area (TPSA) is 35.6 Å².